The number of aromatic amines is 1. The molecule has 0 aliphatic carbocycles. The van der Waals surface area contributed by atoms with Crippen LogP contribution in [-0.2, 0) is 28.9 Å². The van der Waals surface area contributed by atoms with E-state index in [0.29, 0.717) is 29.0 Å². The van der Waals surface area contributed by atoms with Gasteiger partial charge in [0.15, 0.2) is 0 Å². The highest BCUT2D eigenvalue weighted by Crippen LogP contribution is 2.36. The number of hydrogen-bond donors (Lipinski definition) is 2. The van der Waals surface area contributed by atoms with Crippen LogP contribution in [0.15, 0.2) is 42.5 Å². The van der Waals surface area contributed by atoms with Crippen molar-refractivity contribution in [1.82, 2.24) is 4.98 Å². The summed E-state index contributed by atoms with van der Waals surface area (Å²) in [5, 5.41) is 10.4. The number of carboxylic acid groups (broad SMARTS) is 1. The highest BCUT2D eigenvalue weighted by atomic mass is 19.4. The van der Waals surface area contributed by atoms with Crippen LogP contribution < -0.4 is 4.74 Å². The molecule has 1 unspecified atom stereocenters. The summed E-state index contributed by atoms with van der Waals surface area (Å²) in [6.07, 6.45) is -4.00. The molecule has 2 N–H and O–H groups in total. The van der Waals surface area contributed by atoms with Crippen LogP contribution in [0.2, 0.25) is 0 Å². The second kappa shape index (κ2) is 8.79. The van der Waals surface area contributed by atoms with Crippen molar-refractivity contribution in [2.45, 2.75) is 38.7 Å². The highest BCUT2D eigenvalue weighted by molar-refractivity contribution is 5.92. The number of H-pyrrole nitrogens is 1. The number of aliphatic carboxylic acids is 1. The third kappa shape index (κ3) is 4.43. The minimum absolute atomic E-state index is 0.0838. The Hall–Kier alpha value is -3.00. The standard InChI is InChI=1S/C22H22F3NO4/c1-3-15(21(27)28)20-16(19-17(26-20)5-4-6-18(19)29-2)12-30-11-13-7-9-14(10-8-13)22(23,24)25/h4-10,15,26H,3,11-12H2,1-2H3,(H,27,28). The van der Waals surface area contributed by atoms with E-state index >= 15 is 0 Å². The van der Waals surface area contributed by atoms with Gasteiger partial charge in [-0.3, -0.25) is 4.79 Å². The molecule has 0 saturated heterocycles. The molecule has 0 aliphatic rings. The van der Waals surface area contributed by atoms with Gasteiger partial charge in [0.2, 0.25) is 0 Å². The van der Waals surface area contributed by atoms with Crippen LogP contribution in [0.5, 0.6) is 5.75 Å². The zero-order valence-electron chi connectivity index (χ0n) is 16.5. The average Bonchev–Trinajstić information content (AvgIpc) is 3.06. The second-order valence-electron chi connectivity index (χ2n) is 6.89. The number of ether oxygens (including phenoxy) is 2. The van der Waals surface area contributed by atoms with E-state index in [1.807, 2.05) is 6.07 Å². The molecule has 30 heavy (non-hydrogen) atoms. The van der Waals surface area contributed by atoms with E-state index in [9.17, 15) is 23.1 Å². The molecule has 8 heteroatoms. The Morgan fingerprint density at radius 2 is 1.83 bits per heavy atom. The molecule has 2 aromatic carbocycles. The Labute approximate surface area is 171 Å². The minimum Gasteiger partial charge on any atom is -0.496 e. The van der Waals surface area contributed by atoms with Crippen molar-refractivity contribution >= 4 is 16.9 Å². The summed E-state index contributed by atoms with van der Waals surface area (Å²) in [5.41, 5.74) is 1.81. The number of benzene rings is 2. The Morgan fingerprint density at radius 1 is 1.13 bits per heavy atom. The molecule has 3 aromatic rings. The van der Waals surface area contributed by atoms with Gasteiger partial charge in [-0.15, -0.1) is 0 Å². The van der Waals surface area contributed by atoms with Gasteiger partial charge >= 0.3 is 12.1 Å². The summed E-state index contributed by atoms with van der Waals surface area (Å²) in [5.74, 6) is -1.11. The number of rotatable bonds is 8. The van der Waals surface area contributed by atoms with Crippen molar-refractivity contribution in [3.63, 3.8) is 0 Å². The monoisotopic (exact) mass is 421 g/mol. The van der Waals surface area contributed by atoms with Crippen molar-refractivity contribution in [3.8, 4) is 5.75 Å². The van der Waals surface area contributed by atoms with Crippen LogP contribution >= 0.6 is 0 Å². The fourth-order valence-corrected chi connectivity index (χ4v) is 3.48. The maximum Gasteiger partial charge on any atom is 0.416 e. The number of aromatic nitrogens is 1. The molecule has 5 nitrogen and oxygen atoms in total. The smallest absolute Gasteiger partial charge is 0.416 e. The highest BCUT2D eigenvalue weighted by Gasteiger charge is 2.30. The largest absolute Gasteiger partial charge is 0.496 e. The van der Waals surface area contributed by atoms with Crippen molar-refractivity contribution in [2.75, 3.05) is 7.11 Å². The predicted molar refractivity (Wildman–Crippen MR) is 105 cm³/mol. The molecule has 3 rings (SSSR count). The summed E-state index contributed by atoms with van der Waals surface area (Å²) in [6.45, 7) is 1.96. The summed E-state index contributed by atoms with van der Waals surface area (Å²) in [7, 11) is 1.53. The molecule has 1 atom stereocenters. The van der Waals surface area contributed by atoms with Crippen LogP contribution in [-0.4, -0.2) is 23.2 Å². The van der Waals surface area contributed by atoms with E-state index < -0.39 is 23.6 Å². The van der Waals surface area contributed by atoms with E-state index in [1.54, 1.807) is 19.1 Å². The fourth-order valence-electron chi connectivity index (χ4n) is 3.48. The molecule has 0 bridgehead atoms. The second-order valence-corrected chi connectivity index (χ2v) is 6.89. The molecule has 0 amide bonds. The lowest BCUT2D eigenvalue weighted by Gasteiger charge is -2.13. The van der Waals surface area contributed by atoms with E-state index in [-0.39, 0.29) is 13.2 Å². The van der Waals surface area contributed by atoms with Gasteiger partial charge in [-0.25, -0.2) is 0 Å². The summed E-state index contributed by atoms with van der Waals surface area (Å²) < 4.78 is 49.3. The molecule has 0 radical (unpaired) electrons. The average molecular weight is 421 g/mol. The van der Waals surface area contributed by atoms with Crippen molar-refractivity contribution in [3.05, 3.63) is 64.8 Å². The Kier molecular flexibility index (Phi) is 6.36. The molecular formula is C22H22F3NO4. The van der Waals surface area contributed by atoms with Gasteiger partial charge in [-0.2, -0.15) is 13.2 Å². The maximum atomic E-state index is 12.7. The first kappa shape index (κ1) is 21.7. The molecule has 0 aliphatic heterocycles. The maximum absolute atomic E-state index is 12.7. The van der Waals surface area contributed by atoms with Gasteiger partial charge < -0.3 is 19.6 Å². The third-order valence-electron chi connectivity index (χ3n) is 4.99. The Morgan fingerprint density at radius 3 is 2.40 bits per heavy atom. The van der Waals surface area contributed by atoms with Crippen LogP contribution in [0.4, 0.5) is 13.2 Å². The van der Waals surface area contributed by atoms with E-state index in [2.05, 4.69) is 4.98 Å². The summed E-state index contributed by atoms with van der Waals surface area (Å²) in [6, 6.07) is 10.2. The normalized spacial score (nSPS) is 12.8. The predicted octanol–water partition coefficient (Wildman–Crippen LogP) is 5.49. The Bertz CT molecular complexity index is 1030. The first-order valence-corrected chi connectivity index (χ1v) is 9.40. The lowest BCUT2D eigenvalue weighted by atomic mass is 9.98. The molecule has 0 spiro atoms. The molecule has 0 saturated carbocycles. The molecule has 0 fully saturated rings. The first-order chi connectivity index (χ1) is 14.3. The first-order valence-electron chi connectivity index (χ1n) is 9.40. The quantitative estimate of drug-likeness (QED) is 0.505. The Balaban J connectivity index is 1.88. The number of halogens is 3. The lowest BCUT2D eigenvalue weighted by molar-refractivity contribution is -0.139. The summed E-state index contributed by atoms with van der Waals surface area (Å²) >= 11 is 0. The van der Waals surface area contributed by atoms with Crippen molar-refractivity contribution in [1.29, 1.82) is 0 Å². The molecule has 1 heterocycles. The van der Waals surface area contributed by atoms with Gasteiger partial charge in [0.25, 0.3) is 0 Å². The number of fused-ring (bicyclic) bond motifs is 1. The van der Waals surface area contributed by atoms with Crippen LogP contribution in [0, 0.1) is 0 Å². The SMILES string of the molecule is CCC(C(=O)O)c1[nH]c2cccc(OC)c2c1COCc1ccc(C(F)(F)F)cc1. The van der Waals surface area contributed by atoms with E-state index in [1.165, 1.54) is 19.2 Å². The third-order valence-corrected chi connectivity index (χ3v) is 4.99. The molecule has 1 aromatic heterocycles. The van der Waals surface area contributed by atoms with Crippen molar-refractivity contribution in [2.24, 2.45) is 0 Å². The van der Waals surface area contributed by atoms with E-state index in [4.69, 9.17) is 9.47 Å². The van der Waals surface area contributed by atoms with Gasteiger partial charge in [-0.1, -0.05) is 25.1 Å². The number of methoxy groups -OCH3 is 1. The van der Waals surface area contributed by atoms with Gasteiger partial charge in [0, 0.05) is 22.2 Å². The lowest BCUT2D eigenvalue weighted by Crippen LogP contribution is -2.13. The van der Waals surface area contributed by atoms with Gasteiger partial charge in [0.1, 0.15) is 5.75 Å². The van der Waals surface area contributed by atoms with E-state index in [0.717, 1.165) is 23.0 Å². The van der Waals surface area contributed by atoms with Gasteiger partial charge in [-0.05, 0) is 36.2 Å². The number of carbonyl (C=O) groups is 1. The number of carboxylic acids is 1. The van der Waals surface area contributed by atoms with Crippen LogP contribution in [0.1, 0.15) is 41.6 Å². The minimum atomic E-state index is -4.39. The van der Waals surface area contributed by atoms with Crippen LogP contribution in [0.3, 0.4) is 0 Å². The number of alkyl halides is 3. The molecule has 160 valence electrons. The zero-order valence-corrected chi connectivity index (χ0v) is 16.5. The molecular weight excluding hydrogens is 399 g/mol. The topological polar surface area (TPSA) is 71.5 Å². The summed E-state index contributed by atoms with van der Waals surface area (Å²) in [4.78, 5) is 14.9. The number of nitrogens with one attached hydrogen (secondary N) is 1. The fraction of sp³-hybridized carbons (Fsp3) is 0.318. The van der Waals surface area contributed by atoms with Crippen molar-refractivity contribution < 1.29 is 32.5 Å². The van der Waals surface area contributed by atoms with Crippen LogP contribution in [0.25, 0.3) is 10.9 Å². The van der Waals surface area contributed by atoms with Gasteiger partial charge in [0.05, 0.1) is 31.8 Å². The number of hydrogen-bond acceptors (Lipinski definition) is 3. The zero-order chi connectivity index (χ0) is 21.9.